The van der Waals surface area contributed by atoms with Crippen LogP contribution in [0.1, 0.15) is 63.0 Å². The van der Waals surface area contributed by atoms with Gasteiger partial charge in [0.05, 0.1) is 11.0 Å². The van der Waals surface area contributed by atoms with Gasteiger partial charge >= 0.3 is 0 Å². The van der Waals surface area contributed by atoms with Gasteiger partial charge in [-0.2, -0.15) is 0 Å². The van der Waals surface area contributed by atoms with E-state index in [1.54, 1.807) is 6.07 Å². The van der Waals surface area contributed by atoms with Crippen LogP contribution in [0.2, 0.25) is 0 Å². The topological polar surface area (TPSA) is 78.1 Å². The number of fused-ring (bicyclic) bond motifs is 1. The van der Waals surface area contributed by atoms with Gasteiger partial charge in [-0.05, 0) is 106 Å². The van der Waals surface area contributed by atoms with Gasteiger partial charge in [-0.15, -0.1) is 0 Å². The van der Waals surface area contributed by atoms with E-state index in [1.807, 2.05) is 0 Å². The summed E-state index contributed by atoms with van der Waals surface area (Å²) in [5.41, 5.74) is 4.80. The number of nitrogens with zero attached hydrogens (tertiary/aromatic N) is 2. The Hall–Kier alpha value is -2.29. The van der Waals surface area contributed by atoms with Crippen LogP contribution in [-0.4, -0.2) is 61.3 Å². The lowest BCUT2D eigenvalue weighted by Gasteiger charge is -2.46. The first kappa shape index (κ1) is 26.3. The Morgan fingerprint density at radius 3 is 2.57 bits per heavy atom. The third kappa shape index (κ3) is 5.61. The largest absolute Gasteiger partial charge is 0.338 e. The average molecular weight is 527 g/mol. The van der Waals surface area contributed by atoms with Gasteiger partial charge in [0, 0.05) is 23.9 Å². The normalized spacial score (nSPS) is 22.2. The molecule has 1 unspecified atom stereocenters. The summed E-state index contributed by atoms with van der Waals surface area (Å²) < 4.78 is 38.1. The van der Waals surface area contributed by atoms with E-state index in [1.165, 1.54) is 43.4 Å². The summed E-state index contributed by atoms with van der Waals surface area (Å²) in [6, 6.07) is 9.97. The highest BCUT2D eigenvalue weighted by molar-refractivity contribution is 7.90. The number of hydrogen-bond donors (Lipinski definition) is 2. The van der Waals surface area contributed by atoms with E-state index >= 15 is 0 Å². The van der Waals surface area contributed by atoms with Crippen molar-refractivity contribution < 1.29 is 12.8 Å². The van der Waals surface area contributed by atoms with E-state index in [-0.39, 0.29) is 4.90 Å². The summed E-state index contributed by atoms with van der Waals surface area (Å²) in [6.07, 6.45) is 7.06. The second-order valence-corrected chi connectivity index (χ2v) is 13.4. The number of rotatable bonds is 6. The molecule has 3 aromatic rings. The Kier molecular flexibility index (Phi) is 7.44. The van der Waals surface area contributed by atoms with Crippen LogP contribution in [0, 0.1) is 18.7 Å². The molecule has 8 heteroatoms. The minimum absolute atomic E-state index is 0.294. The summed E-state index contributed by atoms with van der Waals surface area (Å²) in [6.45, 7) is 10.1. The average Bonchev–Trinajstić information content (AvgIpc) is 3.28. The van der Waals surface area contributed by atoms with E-state index in [0.29, 0.717) is 35.3 Å². The Bertz CT molecular complexity index is 1380. The molecule has 2 atom stereocenters. The molecule has 0 spiro atoms. The molecule has 5 rings (SSSR count). The number of aryl methyl sites for hydroxylation is 1. The van der Waals surface area contributed by atoms with Gasteiger partial charge < -0.3 is 10.3 Å². The van der Waals surface area contributed by atoms with Crippen molar-refractivity contribution in [1.82, 2.24) is 20.2 Å². The molecule has 2 aliphatic heterocycles. The third-order valence-electron chi connectivity index (χ3n) is 8.16. The summed E-state index contributed by atoms with van der Waals surface area (Å²) in [5.74, 6) is 0.965. The van der Waals surface area contributed by atoms with Gasteiger partial charge in [0.1, 0.15) is 16.5 Å². The molecule has 37 heavy (non-hydrogen) atoms. The van der Waals surface area contributed by atoms with Crippen molar-refractivity contribution in [2.45, 2.75) is 75.8 Å². The van der Waals surface area contributed by atoms with E-state index < -0.39 is 15.7 Å². The van der Waals surface area contributed by atoms with E-state index in [4.69, 9.17) is 4.98 Å². The SMILES string of the molecule is Cc1cc(C2CCN(C3CCNCC3)[C@H](CC(C)C)C2)cc2[nH]c(-c3ccc(S(C)(=O)=O)c(F)c3)nc12. The zero-order valence-corrected chi connectivity index (χ0v) is 23.2. The highest BCUT2D eigenvalue weighted by Crippen LogP contribution is 2.38. The van der Waals surface area contributed by atoms with Crippen molar-refractivity contribution in [3.63, 3.8) is 0 Å². The maximum absolute atomic E-state index is 14.5. The summed E-state index contributed by atoms with van der Waals surface area (Å²) in [7, 11) is -3.62. The number of aromatic amines is 1. The van der Waals surface area contributed by atoms with Crippen LogP contribution in [-0.2, 0) is 9.84 Å². The van der Waals surface area contributed by atoms with Crippen molar-refractivity contribution in [2.24, 2.45) is 5.92 Å². The standard InChI is InChI=1S/C29H39FN4O2S/c1-18(2)13-24-15-20(9-12-34(24)23-7-10-31-11-8-23)22-14-19(3)28-26(17-22)32-29(33-28)21-5-6-27(25(30)16-21)37(4,35)36/h5-6,14,16-18,20,23-24,31H,7-13,15H2,1-4H3,(H,32,33)/t20?,24-/m1/s1. The van der Waals surface area contributed by atoms with Crippen molar-refractivity contribution in [2.75, 3.05) is 25.9 Å². The Morgan fingerprint density at radius 2 is 1.89 bits per heavy atom. The molecule has 3 heterocycles. The molecule has 2 saturated heterocycles. The molecule has 2 aliphatic rings. The van der Waals surface area contributed by atoms with Crippen molar-refractivity contribution in [3.05, 3.63) is 47.3 Å². The molecule has 0 radical (unpaired) electrons. The van der Waals surface area contributed by atoms with E-state index in [2.05, 4.69) is 48.1 Å². The first-order valence-electron chi connectivity index (χ1n) is 13.6. The summed E-state index contributed by atoms with van der Waals surface area (Å²) in [5, 5.41) is 3.51. The van der Waals surface area contributed by atoms with Crippen LogP contribution >= 0.6 is 0 Å². The molecule has 0 aliphatic carbocycles. The van der Waals surface area contributed by atoms with Crippen molar-refractivity contribution >= 4 is 20.9 Å². The third-order valence-corrected chi connectivity index (χ3v) is 9.29. The second-order valence-electron chi connectivity index (χ2n) is 11.5. The number of imidazole rings is 1. The van der Waals surface area contributed by atoms with Crippen LogP contribution in [0.25, 0.3) is 22.4 Å². The Balaban J connectivity index is 1.41. The van der Waals surface area contributed by atoms with Gasteiger partial charge in [0.2, 0.25) is 0 Å². The monoisotopic (exact) mass is 526 g/mol. The fourth-order valence-electron chi connectivity index (χ4n) is 6.41. The van der Waals surface area contributed by atoms with Crippen LogP contribution < -0.4 is 5.32 Å². The molecule has 0 bridgehead atoms. The lowest BCUT2D eigenvalue weighted by atomic mass is 9.80. The zero-order chi connectivity index (χ0) is 26.3. The molecule has 2 fully saturated rings. The molecule has 6 nitrogen and oxygen atoms in total. The summed E-state index contributed by atoms with van der Waals surface area (Å²) >= 11 is 0. The zero-order valence-electron chi connectivity index (χ0n) is 22.4. The number of H-pyrrole nitrogens is 1. The number of aromatic nitrogens is 2. The number of sulfone groups is 1. The fraction of sp³-hybridized carbons (Fsp3) is 0.552. The van der Waals surface area contributed by atoms with Gasteiger partial charge in [0.25, 0.3) is 0 Å². The van der Waals surface area contributed by atoms with Gasteiger partial charge in [-0.25, -0.2) is 17.8 Å². The predicted molar refractivity (Wildman–Crippen MR) is 147 cm³/mol. The number of likely N-dealkylation sites (tertiary alicyclic amines) is 1. The molecular formula is C29H39FN4O2S. The molecule has 1 aromatic heterocycles. The molecule has 0 amide bonds. The number of piperidine rings is 2. The van der Waals surface area contributed by atoms with Crippen molar-refractivity contribution in [1.29, 1.82) is 0 Å². The van der Waals surface area contributed by atoms with Crippen LogP contribution in [0.15, 0.2) is 35.2 Å². The Morgan fingerprint density at radius 1 is 1.14 bits per heavy atom. The number of benzene rings is 2. The minimum atomic E-state index is -3.62. The molecule has 0 saturated carbocycles. The quantitative estimate of drug-likeness (QED) is 0.448. The lowest BCUT2D eigenvalue weighted by Crippen LogP contribution is -2.51. The maximum Gasteiger partial charge on any atom is 0.178 e. The highest BCUT2D eigenvalue weighted by Gasteiger charge is 2.34. The van der Waals surface area contributed by atoms with E-state index in [9.17, 15) is 12.8 Å². The first-order chi connectivity index (χ1) is 17.6. The second kappa shape index (κ2) is 10.5. The molecule has 2 N–H and O–H groups in total. The number of hydrogen-bond acceptors (Lipinski definition) is 5. The summed E-state index contributed by atoms with van der Waals surface area (Å²) in [4.78, 5) is 10.6. The van der Waals surface area contributed by atoms with Gasteiger partial charge in [-0.3, -0.25) is 4.90 Å². The first-order valence-corrected chi connectivity index (χ1v) is 15.5. The molecule has 200 valence electrons. The predicted octanol–water partition coefficient (Wildman–Crippen LogP) is 5.43. The number of nitrogens with one attached hydrogen (secondary N) is 2. The van der Waals surface area contributed by atoms with Crippen molar-refractivity contribution in [3.8, 4) is 11.4 Å². The van der Waals surface area contributed by atoms with Crippen LogP contribution in [0.5, 0.6) is 0 Å². The number of halogens is 1. The van der Waals surface area contributed by atoms with Crippen LogP contribution in [0.3, 0.4) is 0 Å². The van der Waals surface area contributed by atoms with Crippen LogP contribution in [0.4, 0.5) is 4.39 Å². The van der Waals surface area contributed by atoms with E-state index in [0.717, 1.165) is 48.9 Å². The molecular weight excluding hydrogens is 487 g/mol. The van der Waals surface area contributed by atoms with Gasteiger partial charge in [0.15, 0.2) is 9.84 Å². The fourth-order valence-corrected chi connectivity index (χ4v) is 7.13. The smallest absolute Gasteiger partial charge is 0.178 e. The Labute approximate surface area is 220 Å². The lowest BCUT2D eigenvalue weighted by molar-refractivity contribution is 0.0562. The van der Waals surface area contributed by atoms with Gasteiger partial charge in [-0.1, -0.05) is 19.9 Å². The highest BCUT2D eigenvalue weighted by atomic mass is 32.2. The molecule has 2 aromatic carbocycles. The minimum Gasteiger partial charge on any atom is -0.338 e. The maximum atomic E-state index is 14.5.